The molecule has 2 N–H and O–H groups in total. The van der Waals surface area contributed by atoms with E-state index in [2.05, 4.69) is 6.92 Å². The van der Waals surface area contributed by atoms with Crippen LogP contribution in [0, 0.1) is 28.6 Å². The highest BCUT2D eigenvalue weighted by Crippen LogP contribution is 2.67. The zero-order valence-corrected chi connectivity index (χ0v) is 20.1. The van der Waals surface area contributed by atoms with E-state index < -0.39 is 35.5 Å². The first-order valence-corrected chi connectivity index (χ1v) is 12.5. The summed E-state index contributed by atoms with van der Waals surface area (Å²) in [7, 11) is 0. The summed E-state index contributed by atoms with van der Waals surface area (Å²) in [6.07, 6.45) is 5.50. The van der Waals surface area contributed by atoms with E-state index in [1.807, 2.05) is 13.8 Å². The van der Waals surface area contributed by atoms with Crippen LogP contribution in [-0.2, 0) is 23.9 Å². The maximum absolute atomic E-state index is 13.2. The van der Waals surface area contributed by atoms with Gasteiger partial charge in [-0.2, -0.15) is 0 Å². The fourth-order valence-corrected chi connectivity index (χ4v) is 7.79. The van der Waals surface area contributed by atoms with Gasteiger partial charge in [0.15, 0.2) is 12.4 Å². The van der Waals surface area contributed by atoms with Crippen LogP contribution in [0.15, 0.2) is 11.6 Å². The average Bonchev–Trinajstić information content (AvgIpc) is 3.03. The molecule has 0 aromatic heterocycles. The Morgan fingerprint density at radius 1 is 1.18 bits per heavy atom. The van der Waals surface area contributed by atoms with Crippen LogP contribution in [-0.4, -0.2) is 59.3 Å². The molecule has 4 aliphatic rings. The van der Waals surface area contributed by atoms with Gasteiger partial charge in [-0.1, -0.05) is 19.4 Å². The first-order chi connectivity index (χ1) is 15.6. The number of ether oxygens (including phenoxy) is 2. The Hall–Kier alpha value is -1.57. The molecule has 4 aliphatic carbocycles. The Kier molecular flexibility index (Phi) is 6.62. The van der Waals surface area contributed by atoms with Crippen molar-refractivity contribution >= 4 is 17.5 Å². The molecule has 3 fully saturated rings. The smallest absolute Gasteiger partial charge is 0.308 e. The van der Waals surface area contributed by atoms with E-state index in [9.17, 15) is 24.6 Å². The van der Waals surface area contributed by atoms with Crippen molar-refractivity contribution in [2.24, 2.45) is 28.6 Å². The van der Waals surface area contributed by atoms with Gasteiger partial charge in [0.25, 0.3) is 0 Å². The predicted octanol–water partition coefficient (Wildman–Crippen LogP) is 2.76. The Morgan fingerprint density at radius 3 is 2.67 bits per heavy atom. The van der Waals surface area contributed by atoms with E-state index in [1.165, 1.54) is 0 Å². The second-order valence-corrected chi connectivity index (χ2v) is 11.0. The van der Waals surface area contributed by atoms with Crippen LogP contribution in [0.3, 0.4) is 0 Å². The number of rotatable bonds is 7. The molecular weight excluding hydrogens is 424 g/mol. The average molecular weight is 463 g/mol. The molecule has 0 aliphatic heterocycles. The number of aliphatic hydroxyl groups excluding tert-OH is 1. The van der Waals surface area contributed by atoms with E-state index >= 15 is 0 Å². The molecule has 4 rings (SSSR count). The molecular formula is C26H38O7. The number of fused-ring (bicyclic) bond motifs is 5. The van der Waals surface area contributed by atoms with E-state index in [1.54, 1.807) is 6.08 Å². The topological polar surface area (TPSA) is 110 Å². The lowest BCUT2D eigenvalue weighted by Gasteiger charge is -2.60. The molecule has 0 amide bonds. The molecule has 0 bridgehead atoms. The minimum absolute atomic E-state index is 0.0255. The lowest BCUT2D eigenvalue weighted by atomic mass is 9.45. The second kappa shape index (κ2) is 8.90. The van der Waals surface area contributed by atoms with Crippen LogP contribution in [0.2, 0.25) is 0 Å². The van der Waals surface area contributed by atoms with Crippen molar-refractivity contribution in [2.75, 3.05) is 19.8 Å². The van der Waals surface area contributed by atoms with Crippen LogP contribution in [0.1, 0.15) is 72.1 Å². The van der Waals surface area contributed by atoms with Crippen molar-refractivity contribution < 1.29 is 34.1 Å². The molecule has 3 saturated carbocycles. The van der Waals surface area contributed by atoms with Gasteiger partial charge in [0, 0.05) is 18.4 Å². The van der Waals surface area contributed by atoms with Crippen LogP contribution in [0.4, 0.5) is 0 Å². The number of esters is 1. The van der Waals surface area contributed by atoms with E-state index in [4.69, 9.17) is 9.47 Å². The Balaban J connectivity index is 1.51. The first kappa shape index (κ1) is 24.6. The number of allylic oxidation sites excluding steroid dienone is 1. The molecule has 0 saturated heterocycles. The quantitative estimate of drug-likeness (QED) is 0.442. The molecule has 7 nitrogen and oxygen atoms in total. The van der Waals surface area contributed by atoms with Gasteiger partial charge >= 0.3 is 5.97 Å². The fraction of sp³-hybridized carbons (Fsp3) is 0.808. The van der Waals surface area contributed by atoms with Crippen molar-refractivity contribution in [1.29, 1.82) is 0 Å². The van der Waals surface area contributed by atoms with Gasteiger partial charge in [-0.15, -0.1) is 0 Å². The van der Waals surface area contributed by atoms with Crippen LogP contribution in [0.5, 0.6) is 0 Å². The van der Waals surface area contributed by atoms with Crippen LogP contribution in [0.25, 0.3) is 0 Å². The lowest BCUT2D eigenvalue weighted by Crippen LogP contribution is -2.62. The molecule has 7 atom stereocenters. The maximum Gasteiger partial charge on any atom is 0.308 e. The van der Waals surface area contributed by atoms with Gasteiger partial charge in [-0.3, -0.25) is 14.4 Å². The van der Waals surface area contributed by atoms with Crippen molar-refractivity contribution in [3.8, 4) is 0 Å². The van der Waals surface area contributed by atoms with Crippen molar-refractivity contribution in [3.05, 3.63) is 11.6 Å². The van der Waals surface area contributed by atoms with Crippen molar-refractivity contribution in [1.82, 2.24) is 0 Å². The zero-order valence-electron chi connectivity index (χ0n) is 20.1. The van der Waals surface area contributed by atoms with Gasteiger partial charge in [0.2, 0.25) is 5.78 Å². The summed E-state index contributed by atoms with van der Waals surface area (Å²) in [6, 6.07) is 0. The highest BCUT2D eigenvalue weighted by molar-refractivity contribution is 5.92. The van der Waals surface area contributed by atoms with Gasteiger partial charge in [0.1, 0.15) is 5.60 Å². The maximum atomic E-state index is 13.2. The third kappa shape index (κ3) is 3.90. The number of ketones is 2. The molecule has 184 valence electrons. The zero-order chi connectivity index (χ0) is 24.0. The van der Waals surface area contributed by atoms with Gasteiger partial charge in [0.05, 0.1) is 19.1 Å². The third-order valence-electron chi connectivity index (χ3n) is 9.53. The lowest BCUT2D eigenvalue weighted by molar-refractivity contribution is -0.184. The van der Waals surface area contributed by atoms with Gasteiger partial charge in [-0.25, -0.2) is 0 Å². The summed E-state index contributed by atoms with van der Waals surface area (Å²) in [5.74, 6) is -0.511. The van der Waals surface area contributed by atoms with E-state index in [0.29, 0.717) is 32.3 Å². The highest BCUT2D eigenvalue weighted by Gasteiger charge is 2.68. The highest BCUT2D eigenvalue weighted by atomic mass is 16.5. The number of aliphatic hydroxyl groups is 2. The normalized spacial score (nSPS) is 42.1. The molecule has 0 heterocycles. The standard InChI is InChI=1S/C26H38O7/c1-4-32-12-9-22(30)33-15-21(29)26(31)11-8-19-18-6-5-16-13-17(27)7-10-24(16,2)23(18)20(28)14-25(19,26)3/h13,18-20,23,28,31H,4-12,14-15H2,1-3H3/t18-,19-,20?,23+,24-,25-,26-/m0/s1. The Bertz CT molecular complexity index is 850. The molecule has 1 unspecified atom stereocenters. The summed E-state index contributed by atoms with van der Waals surface area (Å²) in [6.45, 7) is 6.23. The predicted molar refractivity (Wildman–Crippen MR) is 120 cm³/mol. The summed E-state index contributed by atoms with van der Waals surface area (Å²) >= 11 is 0. The molecule has 7 heteroatoms. The summed E-state index contributed by atoms with van der Waals surface area (Å²) < 4.78 is 10.3. The summed E-state index contributed by atoms with van der Waals surface area (Å²) in [4.78, 5) is 37.1. The van der Waals surface area contributed by atoms with Crippen LogP contribution >= 0.6 is 0 Å². The minimum Gasteiger partial charge on any atom is -0.457 e. The number of hydrogen-bond acceptors (Lipinski definition) is 7. The van der Waals surface area contributed by atoms with Crippen molar-refractivity contribution in [2.45, 2.75) is 83.8 Å². The second-order valence-electron chi connectivity index (χ2n) is 11.0. The number of carbonyl (C=O) groups is 3. The summed E-state index contributed by atoms with van der Waals surface area (Å²) in [5, 5.41) is 23.1. The number of carbonyl (C=O) groups excluding carboxylic acids is 3. The Morgan fingerprint density at radius 2 is 1.94 bits per heavy atom. The number of hydrogen-bond donors (Lipinski definition) is 2. The third-order valence-corrected chi connectivity index (χ3v) is 9.53. The van der Waals surface area contributed by atoms with Gasteiger partial charge < -0.3 is 19.7 Å². The molecule has 0 aromatic carbocycles. The Labute approximate surface area is 195 Å². The molecule has 0 radical (unpaired) electrons. The van der Waals surface area contributed by atoms with Crippen molar-refractivity contribution in [3.63, 3.8) is 0 Å². The largest absolute Gasteiger partial charge is 0.457 e. The van der Waals surface area contributed by atoms with E-state index in [0.717, 1.165) is 24.8 Å². The molecule has 0 spiro atoms. The minimum atomic E-state index is -1.62. The molecule has 33 heavy (non-hydrogen) atoms. The first-order valence-electron chi connectivity index (χ1n) is 12.5. The van der Waals surface area contributed by atoms with Crippen LogP contribution < -0.4 is 0 Å². The number of Topliss-reactive ketones (excluding diaryl/α,β-unsaturated/α-hetero) is 1. The molecule has 0 aromatic rings. The fourth-order valence-electron chi connectivity index (χ4n) is 7.79. The summed E-state index contributed by atoms with van der Waals surface area (Å²) in [5.41, 5.74) is -1.45. The van der Waals surface area contributed by atoms with E-state index in [-0.39, 0.29) is 42.0 Å². The SMILES string of the molecule is CCOCCC(=O)OCC(=O)[C@@]1(O)CC[C@H]2[C@@H]3CCC4=CC(=O)CC[C@]4(C)[C@H]3C(O)C[C@@]21C. The van der Waals surface area contributed by atoms with Gasteiger partial charge in [-0.05, 0) is 74.7 Å². The monoisotopic (exact) mass is 462 g/mol.